The van der Waals surface area contributed by atoms with Crippen molar-refractivity contribution in [3.8, 4) is 23.8 Å². The minimum Gasteiger partial charge on any atom is -0.487 e. The second-order valence-electron chi connectivity index (χ2n) is 6.04. The van der Waals surface area contributed by atoms with Gasteiger partial charge in [0.1, 0.15) is 30.9 Å². The van der Waals surface area contributed by atoms with Crippen molar-refractivity contribution in [3.63, 3.8) is 0 Å². The zero-order valence-electron chi connectivity index (χ0n) is 16.5. The number of rotatable bonds is 10. The van der Waals surface area contributed by atoms with Gasteiger partial charge in [0.15, 0.2) is 11.5 Å². The zero-order chi connectivity index (χ0) is 20.5. The number of aromatic nitrogens is 2. The van der Waals surface area contributed by atoms with Crippen molar-refractivity contribution < 1.29 is 18.9 Å². The van der Waals surface area contributed by atoms with Crippen LogP contribution in [-0.4, -0.2) is 50.6 Å². The van der Waals surface area contributed by atoms with Crippen LogP contribution in [0.4, 0.5) is 11.5 Å². The highest BCUT2D eigenvalue weighted by Crippen LogP contribution is 2.37. The van der Waals surface area contributed by atoms with E-state index < -0.39 is 0 Å². The molecule has 0 saturated carbocycles. The van der Waals surface area contributed by atoms with Crippen molar-refractivity contribution in [1.29, 1.82) is 0 Å². The van der Waals surface area contributed by atoms with Crippen LogP contribution in [-0.2, 0) is 9.47 Å². The summed E-state index contributed by atoms with van der Waals surface area (Å²) in [5.41, 5.74) is 2.26. The number of methoxy groups -OCH3 is 2. The number of anilines is 2. The Balaban J connectivity index is 1.97. The maximum Gasteiger partial charge on any atom is 0.187 e. The summed E-state index contributed by atoms with van der Waals surface area (Å²) in [4.78, 5) is 8.81. The highest BCUT2D eigenvalue weighted by Gasteiger charge is 2.15. The Morgan fingerprint density at radius 3 is 2.52 bits per heavy atom. The van der Waals surface area contributed by atoms with Crippen molar-refractivity contribution in [2.24, 2.45) is 0 Å². The van der Waals surface area contributed by atoms with Gasteiger partial charge in [0.05, 0.1) is 13.2 Å². The molecule has 0 aliphatic rings. The van der Waals surface area contributed by atoms with Crippen LogP contribution >= 0.6 is 0 Å². The Bertz CT molecular complexity index is 1000. The van der Waals surface area contributed by atoms with Crippen molar-refractivity contribution in [1.82, 2.24) is 9.97 Å². The van der Waals surface area contributed by atoms with Crippen molar-refractivity contribution in [2.75, 3.05) is 46.0 Å². The van der Waals surface area contributed by atoms with E-state index in [1.165, 1.54) is 6.33 Å². The Hall–Kier alpha value is -3.34. The highest BCUT2D eigenvalue weighted by atomic mass is 16.5. The third-order valence-electron chi connectivity index (χ3n) is 4.10. The van der Waals surface area contributed by atoms with Gasteiger partial charge in [0.2, 0.25) is 0 Å². The minimum absolute atomic E-state index is 0.368. The van der Waals surface area contributed by atoms with Gasteiger partial charge >= 0.3 is 0 Å². The van der Waals surface area contributed by atoms with E-state index in [-0.39, 0.29) is 0 Å². The topological polar surface area (TPSA) is 74.7 Å². The lowest BCUT2D eigenvalue weighted by atomic mass is 10.2. The molecule has 7 heteroatoms. The monoisotopic (exact) mass is 393 g/mol. The molecule has 0 unspecified atom stereocenters. The van der Waals surface area contributed by atoms with Crippen molar-refractivity contribution in [2.45, 2.75) is 0 Å². The Kier molecular flexibility index (Phi) is 7.22. The van der Waals surface area contributed by atoms with Gasteiger partial charge < -0.3 is 24.3 Å². The van der Waals surface area contributed by atoms with E-state index in [1.54, 1.807) is 14.2 Å². The van der Waals surface area contributed by atoms with Crippen LogP contribution in [0.15, 0.2) is 42.7 Å². The van der Waals surface area contributed by atoms with Crippen molar-refractivity contribution >= 4 is 22.4 Å². The molecule has 0 spiro atoms. The number of hydrogen-bond acceptors (Lipinski definition) is 7. The van der Waals surface area contributed by atoms with E-state index in [1.807, 2.05) is 36.4 Å². The van der Waals surface area contributed by atoms with Gasteiger partial charge in [0.25, 0.3) is 0 Å². The van der Waals surface area contributed by atoms with E-state index in [4.69, 9.17) is 25.4 Å². The summed E-state index contributed by atoms with van der Waals surface area (Å²) in [5, 5.41) is 4.10. The molecule has 1 heterocycles. The molecule has 0 bridgehead atoms. The second kappa shape index (κ2) is 10.3. The van der Waals surface area contributed by atoms with Gasteiger partial charge in [-0.1, -0.05) is 12.0 Å². The third kappa shape index (κ3) is 5.13. The first-order valence-electron chi connectivity index (χ1n) is 9.11. The lowest BCUT2D eigenvalue weighted by Gasteiger charge is -2.16. The number of hydrogen-bond donors (Lipinski definition) is 1. The fourth-order valence-electron chi connectivity index (χ4n) is 2.72. The average Bonchev–Trinajstić information content (AvgIpc) is 2.75. The maximum atomic E-state index is 5.93. The molecule has 0 aliphatic carbocycles. The molecule has 7 nitrogen and oxygen atoms in total. The summed E-state index contributed by atoms with van der Waals surface area (Å²) in [5.74, 6) is 4.40. The van der Waals surface area contributed by atoms with Gasteiger partial charge in [-0.25, -0.2) is 9.97 Å². The normalized spacial score (nSPS) is 10.5. The molecule has 0 aliphatic heterocycles. The number of nitrogens with zero attached hydrogens (tertiary/aromatic N) is 2. The van der Waals surface area contributed by atoms with Gasteiger partial charge in [-0.2, -0.15) is 0 Å². The van der Waals surface area contributed by atoms with Gasteiger partial charge in [-0.3, -0.25) is 0 Å². The van der Waals surface area contributed by atoms with Gasteiger partial charge in [0, 0.05) is 30.9 Å². The Morgan fingerprint density at radius 1 is 0.966 bits per heavy atom. The van der Waals surface area contributed by atoms with Gasteiger partial charge in [-0.05, 0) is 30.3 Å². The summed E-state index contributed by atoms with van der Waals surface area (Å²) < 4.78 is 21.9. The largest absolute Gasteiger partial charge is 0.487 e. The molecule has 3 aromatic rings. The van der Waals surface area contributed by atoms with Gasteiger partial charge in [-0.15, -0.1) is 6.42 Å². The quantitative estimate of drug-likeness (QED) is 0.418. The molecule has 1 N–H and O–H groups in total. The SMILES string of the molecule is C#Cc1cccc(Nc2ncnc3c(OCCOC)c(OCCOC)ccc23)c1. The first kappa shape index (κ1) is 20.4. The second-order valence-corrected chi connectivity index (χ2v) is 6.04. The zero-order valence-corrected chi connectivity index (χ0v) is 16.5. The van der Waals surface area contributed by atoms with E-state index in [9.17, 15) is 0 Å². The van der Waals surface area contributed by atoms with Crippen LogP contribution in [0.25, 0.3) is 10.9 Å². The molecule has 0 saturated heterocycles. The van der Waals surface area contributed by atoms with E-state index in [0.29, 0.717) is 49.3 Å². The lowest BCUT2D eigenvalue weighted by molar-refractivity contribution is 0.133. The predicted molar refractivity (Wildman–Crippen MR) is 112 cm³/mol. The average molecular weight is 393 g/mol. The molecular weight excluding hydrogens is 370 g/mol. The highest BCUT2D eigenvalue weighted by molar-refractivity contribution is 5.95. The molecule has 1 aromatic heterocycles. The van der Waals surface area contributed by atoms with E-state index >= 15 is 0 Å². The van der Waals surface area contributed by atoms with Crippen LogP contribution in [0.2, 0.25) is 0 Å². The summed E-state index contributed by atoms with van der Waals surface area (Å²) in [6.45, 7) is 1.69. The molecule has 0 fully saturated rings. The standard InChI is InChI=1S/C22H23N3O4/c1-4-16-6-5-7-17(14-16)25-22-18-8-9-19(28-12-10-26-2)21(29-13-11-27-3)20(18)23-15-24-22/h1,5-9,14-15H,10-13H2,2-3H3,(H,23,24,25). The molecule has 29 heavy (non-hydrogen) atoms. The number of nitrogens with one attached hydrogen (secondary N) is 1. The van der Waals surface area contributed by atoms with Crippen LogP contribution in [0.1, 0.15) is 5.56 Å². The van der Waals surface area contributed by atoms with Crippen molar-refractivity contribution in [3.05, 3.63) is 48.3 Å². The molecule has 150 valence electrons. The number of ether oxygens (including phenoxy) is 4. The molecule has 2 aromatic carbocycles. The fourth-order valence-corrected chi connectivity index (χ4v) is 2.72. The molecule has 3 rings (SSSR count). The van der Waals surface area contributed by atoms with Crippen LogP contribution in [0.5, 0.6) is 11.5 Å². The number of terminal acetylenes is 1. The fraction of sp³-hybridized carbons (Fsp3) is 0.273. The summed E-state index contributed by atoms with van der Waals surface area (Å²) in [7, 11) is 3.25. The third-order valence-corrected chi connectivity index (χ3v) is 4.10. The smallest absolute Gasteiger partial charge is 0.187 e. The number of fused-ring (bicyclic) bond motifs is 1. The molecule has 0 radical (unpaired) electrons. The molecule has 0 atom stereocenters. The molecule has 0 amide bonds. The van der Waals surface area contributed by atoms with E-state index in [0.717, 1.165) is 16.6 Å². The lowest BCUT2D eigenvalue weighted by Crippen LogP contribution is -2.09. The Morgan fingerprint density at radius 2 is 1.76 bits per heavy atom. The first-order chi connectivity index (χ1) is 14.3. The summed E-state index contributed by atoms with van der Waals surface area (Å²) >= 11 is 0. The van der Waals surface area contributed by atoms with Crippen LogP contribution < -0.4 is 14.8 Å². The Labute approximate surface area is 170 Å². The van der Waals surface area contributed by atoms with E-state index in [2.05, 4.69) is 21.2 Å². The summed E-state index contributed by atoms with van der Waals surface area (Å²) in [6, 6.07) is 11.3. The van der Waals surface area contributed by atoms with Crippen LogP contribution in [0, 0.1) is 12.3 Å². The number of benzene rings is 2. The summed E-state index contributed by atoms with van der Waals surface area (Å²) in [6.07, 6.45) is 6.98. The maximum absolute atomic E-state index is 5.93. The first-order valence-corrected chi connectivity index (χ1v) is 9.11. The van der Waals surface area contributed by atoms with Crippen LogP contribution in [0.3, 0.4) is 0 Å². The predicted octanol–water partition coefficient (Wildman–Crippen LogP) is 3.41. The minimum atomic E-state index is 0.368. The molecular formula is C22H23N3O4.